The number of aromatic carboxylic acids is 1. The second-order valence-electron chi connectivity index (χ2n) is 8.25. The molecular formula is C29H19N3O5. The molecule has 0 unspecified atom stereocenters. The molecular weight excluding hydrogens is 470 g/mol. The number of hydrogen-bond donors (Lipinski definition) is 1. The van der Waals surface area contributed by atoms with Crippen LogP contribution in [0.1, 0.15) is 21.7 Å². The lowest BCUT2D eigenvalue weighted by Crippen LogP contribution is -2.22. The summed E-state index contributed by atoms with van der Waals surface area (Å²) in [6, 6.07) is 27.2. The molecule has 0 saturated carbocycles. The fourth-order valence-electron chi connectivity index (χ4n) is 4.04. The highest BCUT2D eigenvalue weighted by Crippen LogP contribution is 2.24. The number of benzene rings is 4. The van der Waals surface area contributed by atoms with Crippen molar-refractivity contribution >= 4 is 34.7 Å². The van der Waals surface area contributed by atoms with Crippen molar-refractivity contribution < 1.29 is 14.8 Å². The Labute approximate surface area is 210 Å². The van der Waals surface area contributed by atoms with Gasteiger partial charge in [-0.05, 0) is 59.2 Å². The van der Waals surface area contributed by atoms with Gasteiger partial charge in [-0.25, -0.2) is 9.78 Å². The maximum absolute atomic E-state index is 13.8. The third kappa shape index (κ3) is 4.76. The van der Waals surface area contributed by atoms with Crippen LogP contribution in [0.25, 0.3) is 39.9 Å². The normalized spacial score (nSPS) is 11.1. The van der Waals surface area contributed by atoms with Gasteiger partial charge in [0.05, 0.1) is 27.1 Å². The maximum atomic E-state index is 13.8. The van der Waals surface area contributed by atoms with Crippen LogP contribution in [-0.4, -0.2) is 25.6 Å². The molecule has 5 rings (SSSR count). The van der Waals surface area contributed by atoms with Gasteiger partial charge in [-0.15, -0.1) is 0 Å². The summed E-state index contributed by atoms with van der Waals surface area (Å²) in [6.45, 7) is 0. The van der Waals surface area contributed by atoms with Gasteiger partial charge in [0.2, 0.25) is 0 Å². The molecule has 0 saturated heterocycles. The quantitative estimate of drug-likeness (QED) is 0.237. The molecule has 4 aromatic carbocycles. The van der Waals surface area contributed by atoms with Gasteiger partial charge in [-0.2, -0.15) is 0 Å². The van der Waals surface area contributed by atoms with E-state index in [1.165, 1.54) is 28.8 Å². The summed E-state index contributed by atoms with van der Waals surface area (Å²) in [4.78, 5) is 40.5. The third-order valence-corrected chi connectivity index (χ3v) is 5.88. The van der Waals surface area contributed by atoms with E-state index in [9.17, 15) is 24.8 Å². The summed E-state index contributed by atoms with van der Waals surface area (Å²) < 4.78 is 1.40. The number of nitrogens with zero attached hydrogens (tertiary/aromatic N) is 3. The molecule has 5 aromatic rings. The summed E-state index contributed by atoms with van der Waals surface area (Å²) in [7, 11) is 0. The Hall–Kier alpha value is -5.37. The first kappa shape index (κ1) is 23.4. The van der Waals surface area contributed by atoms with Crippen molar-refractivity contribution in [3.8, 4) is 16.8 Å². The summed E-state index contributed by atoms with van der Waals surface area (Å²) in [5, 5.41) is 20.8. The zero-order valence-electron chi connectivity index (χ0n) is 19.3. The van der Waals surface area contributed by atoms with E-state index in [4.69, 9.17) is 4.98 Å². The Morgan fingerprint density at radius 3 is 2.32 bits per heavy atom. The third-order valence-electron chi connectivity index (χ3n) is 5.88. The average molecular weight is 489 g/mol. The van der Waals surface area contributed by atoms with Crippen LogP contribution in [0.15, 0.2) is 102 Å². The van der Waals surface area contributed by atoms with Gasteiger partial charge >= 0.3 is 5.97 Å². The lowest BCUT2D eigenvalue weighted by molar-refractivity contribution is -0.384. The highest BCUT2D eigenvalue weighted by Gasteiger charge is 2.14. The molecule has 1 aromatic heterocycles. The number of rotatable bonds is 6. The second kappa shape index (κ2) is 9.71. The van der Waals surface area contributed by atoms with Crippen LogP contribution in [-0.2, 0) is 0 Å². The van der Waals surface area contributed by atoms with E-state index in [-0.39, 0.29) is 16.8 Å². The van der Waals surface area contributed by atoms with Crippen LogP contribution < -0.4 is 5.56 Å². The van der Waals surface area contributed by atoms with Crippen LogP contribution in [0, 0.1) is 10.1 Å². The molecule has 1 N–H and O–H groups in total. The molecule has 0 spiro atoms. The van der Waals surface area contributed by atoms with E-state index in [0.29, 0.717) is 28.0 Å². The van der Waals surface area contributed by atoms with Crippen molar-refractivity contribution in [1.29, 1.82) is 0 Å². The summed E-state index contributed by atoms with van der Waals surface area (Å²) in [5.41, 5.74) is 3.01. The fourth-order valence-corrected chi connectivity index (χ4v) is 4.04. The lowest BCUT2D eigenvalue weighted by atomic mass is 10.0. The number of fused-ring (bicyclic) bond motifs is 1. The minimum Gasteiger partial charge on any atom is -0.478 e. The number of carboxylic acid groups (broad SMARTS) is 1. The average Bonchev–Trinajstić information content (AvgIpc) is 2.92. The number of aromatic nitrogens is 2. The first-order valence-electron chi connectivity index (χ1n) is 11.3. The van der Waals surface area contributed by atoms with Crippen LogP contribution in [0.3, 0.4) is 0 Å². The fraction of sp³-hybridized carbons (Fsp3) is 0. The van der Waals surface area contributed by atoms with Crippen LogP contribution in [0.4, 0.5) is 5.69 Å². The van der Waals surface area contributed by atoms with E-state index in [1.807, 2.05) is 36.4 Å². The number of carboxylic acids is 1. The molecule has 0 aliphatic carbocycles. The van der Waals surface area contributed by atoms with Gasteiger partial charge in [0.15, 0.2) is 0 Å². The highest BCUT2D eigenvalue weighted by atomic mass is 16.6. The minimum absolute atomic E-state index is 0.0521. The van der Waals surface area contributed by atoms with Gasteiger partial charge in [0.1, 0.15) is 5.82 Å². The standard InChI is InChI=1S/C29H19N3O5/c33-28-25-18-22(20-6-2-1-3-7-20)12-15-26(25)30-27(16-9-19-5-4-8-24(17-19)32(36)37)31(28)23-13-10-21(11-14-23)29(34)35/h1-18H,(H,34,35)/b16-9+. The number of hydrogen-bond acceptors (Lipinski definition) is 5. The summed E-state index contributed by atoms with van der Waals surface area (Å²) >= 11 is 0. The molecule has 0 radical (unpaired) electrons. The van der Waals surface area contributed by atoms with Crippen molar-refractivity contribution in [2.75, 3.05) is 0 Å². The monoisotopic (exact) mass is 489 g/mol. The molecule has 180 valence electrons. The Balaban J connectivity index is 1.69. The number of non-ortho nitro benzene ring substituents is 1. The van der Waals surface area contributed by atoms with E-state index in [1.54, 1.807) is 48.6 Å². The largest absolute Gasteiger partial charge is 0.478 e. The topological polar surface area (TPSA) is 115 Å². The molecule has 8 heteroatoms. The number of nitro benzene ring substituents is 1. The van der Waals surface area contributed by atoms with Crippen molar-refractivity contribution in [2.45, 2.75) is 0 Å². The van der Waals surface area contributed by atoms with Crippen molar-refractivity contribution in [2.24, 2.45) is 0 Å². The van der Waals surface area contributed by atoms with Gasteiger partial charge < -0.3 is 5.11 Å². The minimum atomic E-state index is -1.08. The molecule has 0 aliphatic rings. The van der Waals surface area contributed by atoms with Crippen molar-refractivity contribution in [3.63, 3.8) is 0 Å². The van der Waals surface area contributed by atoms with Crippen LogP contribution in [0.2, 0.25) is 0 Å². The first-order chi connectivity index (χ1) is 17.9. The number of nitro groups is 1. The molecule has 8 nitrogen and oxygen atoms in total. The van der Waals surface area contributed by atoms with Gasteiger partial charge in [0.25, 0.3) is 11.2 Å². The smallest absolute Gasteiger partial charge is 0.335 e. The van der Waals surface area contributed by atoms with Crippen molar-refractivity contribution in [3.05, 3.63) is 134 Å². The van der Waals surface area contributed by atoms with Gasteiger partial charge in [-0.1, -0.05) is 54.6 Å². The Morgan fingerprint density at radius 1 is 0.865 bits per heavy atom. The van der Waals surface area contributed by atoms with E-state index >= 15 is 0 Å². The molecule has 37 heavy (non-hydrogen) atoms. The molecule has 0 bridgehead atoms. The number of carbonyl (C=O) groups is 1. The zero-order chi connectivity index (χ0) is 25.9. The van der Waals surface area contributed by atoms with Gasteiger partial charge in [-0.3, -0.25) is 19.5 Å². The zero-order valence-corrected chi connectivity index (χ0v) is 19.3. The van der Waals surface area contributed by atoms with E-state index < -0.39 is 10.9 Å². The predicted octanol–water partition coefficient (Wildman–Crippen LogP) is 5.83. The molecule has 1 heterocycles. The Kier molecular flexibility index (Phi) is 6.13. The summed E-state index contributed by atoms with van der Waals surface area (Å²) in [5.74, 6) is -0.784. The lowest BCUT2D eigenvalue weighted by Gasteiger charge is -2.13. The molecule has 0 aliphatic heterocycles. The SMILES string of the molecule is O=C(O)c1ccc(-n2c(/C=C/c3cccc([N+](=O)[O-])c3)nc3ccc(-c4ccccc4)cc3c2=O)cc1. The van der Waals surface area contributed by atoms with E-state index in [2.05, 4.69) is 0 Å². The predicted molar refractivity (Wildman–Crippen MR) is 142 cm³/mol. The van der Waals surface area contributed by atoms with E-state index in [0.717, 1.165) is 11.1 Å². The van der Waals surface area contributed by atoms with Crippen LogP contribution in [0.5, 0.6) is 0 Å². The Morgan fingerprint density at radius 2 is 1.62 bits per heavy atom. The highest BCUT2D eigenvalue weighted by molar-refractivity contribution is 5.88. The van der Waals surface area contributed by atoms with Gasteiger partial charge in [0, 0.05) is 12.1 Å². The molecule has 0 fully saturated rings. The first-order valence-corrected chi connectivity index (χ1v) is 11.3. The second-order valence-corrected chi connectivity index (χ2v) is 8.25. The van der Waals surface area contributed by atoms with Crippen LogP contribution >= 0.6 is 0 Å². The summed E-state index contributed by atoms with van der Waals surface area (Å²) in [6.07, 6.45) is 3.25. The van der Waals surface area contributed by atoms with Crippen molar-refractivity contribution in [1.82, 2.24) is 9.55 Å². The molecule has 0 amide bonds. The molecule has 0 atom stereocenters. The maximum Gasteiger partial charge on any atom is 0.335 e. The Bertz CT molecular complexity index is 1740.